The molecule has 3 heteroatoms. The highest BCUT2D eigenvalue weighted by atomic mass is 16.2. The number of likely N-dealkylation sites (N-methyl/N-ethyl adjacent to an activating group) is 1. The molecule has 1 rings (SSSR count). The van der Waals surface area contributed by atoms with E-state index in [0.717, 1.165) is 19.6 Å². The minimum absolute atomic E-state index is 0.0190. The highest BCUT2D eigenvalue weighted by molar-refractivity contribution is 5.86. The van der Waals surface area contributed by atoms with Crippen LogP contribution in [-0.2, 0) is 4.79 Å². The molecule has 1 heterocycles. The van der Waals surface area contributed by atoms with Crippen LogP contribution in [0.2, 0.25) is 0 Å². The molecule has 1 fully saturated rings. The van der Waals surface area contributed by atoms with Crippen molar-refractivity contribution < 1.29 is 4.79 Å². The van der Waals surface area contributed by atoms with E-state index in [0.29, 0.717) is 5.92 Å². The predicted molar refractivity (Wildman–Crippen MR) is 53.4 cm³/mol. The number of amides is 1. The summed E-state index contributed by atoms with van der Waals surface area (Å²) in [6.07, 6.45) is 3.82. The van der Waals surface area contributed by atoms with Crippen molar-refractivity contribution in [1.82, 2.24) is 10.2 Å². The molecular weight excluding hydrogens is 164 g/mol. The van der Waals surface area contributed by atoms with Crippen molar-refractivity contribution in [2.75, 3.05) is 26.7 Å². The summed E-state index contributed by atoms with van der Waals surface area (Å²) in [7, 11) is 1.83. The number of piperidine rings is 1. The van der Waals surface area contributed by atoms with Crippen LogP contribution in [-0.4, -0.2) is 37.5 Å². The maximum absolute atomic E-state index is 11.2. The molecule has 3 nitrogen and oxygen atoms in total. The van der Waals surface area contributed by atoms with E-state index in [2.05, 4.69) is 11.9 Å². The molecule has 1 saturated heterocycles. The number of rotatable bonds is 3. The van der Waals surface area contributed by atoms with E-state index in [9.17, 15) is 4.79 Å². The molecule has 0 aromatic rings. The molecule has 1 aliphatic heterocycles. The van der Waals surface area contributed by atoms with E-state index in [1.54, 1.807) is 4.90 Å². The third-order valence-corrected chi connectivity index (χ3v) is 2.48. The molecule has 1 atom stereocenters. The summed E-state index contributed by atoms with van der Waals surface area (Å²) in [6, 6.07) is 0. The Morgan fingerprint density at radius 3 is 3.08 bits per heavy atom. The zero-order valence-corrected chi connectivity index (χ0v) is 8.25. The second-order valence-corrected chi connectivity index (χ2v) is 3.64. The minimum Gasteiger partial charge on any atom is -0.342 e. The van der Waals surface area contributed by atoms with Gasteiger partial charge >= 0.3 is 0 Å². The van der Waals surface area contributed by atoms with Crippen molar-refractivity contribution in [1.29, 1.82) is 0 Å². The molecule has 0 aromatic heterocycles. The number of nitrogens with zero attached hydrogens (tertiary/aromatic N) is 1. The van der Waals surface area contributed by atoms with Gasteiger partial charge in [-0.2, -0.15) is 0 Å². The fraction of sp³-hybridized carbons (Fsp3) is 0.700. The number of carbonyl (C=O) groups excluding carboxylic acids is 1. The minimum atomic E-state index is 0.0190. The molecule has 74 valence electrons. The summed E-state index contributed by atoms with van der Waals surface area (Å²) >= 11 is 0. The van der Waals surface area contributed by atoms with Crippen molar-refractivity contribution in [3.8, 4) is 0 Å². The summed E-state index contributed by atoms with van der Waals surface area (Å²) in [5.41, 5.74) is 0. The molecule has 0 aliphatic carbocycles. The summed E-state index contributed by atoms with van der Waals surface area (Å²) in [4.78, 5) is 12.9. The number of nitrogens with one attached hydrogen (secondary N) is 1. The monoisotopic (exact) mass is 182 g/mol. The molecule has 1 aliphatic rings. The Balaban J connectivity index is 2.29. The van der Waals surface area contributed by atoms with Crippen molar-refractivity contribution >= 4 is 5.91 Å². The Morgan fingerprint density at radius 2 is 2.54 bits per heavy atom. The van der Waals surface area contributed by atoms with Crippen LogP contribution in [0.4, 0.5) is 0 Å². The van der Waals surface area contributed by atoms with Crippen LogP contribution >= 0.6 is 0 Å². The van der Waals surface area contributed by atoms with Gasteiger partial charge in [-0.15, -0.1) is 0 Å². The molecule has 0 aromatic carbocycles. The van der Waals surface area contributed by atoms with Crippen LogP contribution in [0.1, 0.15) is 12.8 Å². The summed E-state index contributed by atoms with van der Waals surface area (Å²) < 4.78 is 0. The van der Waals surface area contributed by atoms with E-state index in [4.69, 9.17) is 0 Å². The van der Waals surface area contributed by atoms with Gasteiger partial charge in [0.25, 0.3) is 0 Å². The van der Waals surface area contributed by atoms with Gasteiger partial charge in [0, 0.05) is 13.6 Å². The van der Waals surface area contributed by atoms with Gasteiger partial charge in [-0.25, -0.2) is 0 Å². The Hall–Kier alpha value is -0.830. The summed E-state index contributed by atoms with van der Waals surface area (Å²) in [5, 5.41) is 3.33. The third-order valence-electron chi connectivity index (χ3n) is 2.48. The first-order chi connectivity index (χ1) is 6.24. The van der Waals surface area contributed by atoms with E-state index >= 15 is 0 Å². The first kappa shape index (κ1) is 10.3. The number of carbonyl (C=O) groups is 1. The van der Waals surface area contributed by atoms with Crippen LogP contribution in [0.25, 0.3) is 0 Å². The van der Waals surface area contributed by atoms with E-state index in [1.165, 1.54) is 18.9 Å². The fourth-order valence-electron chi connectivity index (χ4n) is 1.71. The van der Waals surface area contributed by atoms with E-state index < -0.39 is 0 Å². The van der Waals surface area contributed by atoms with E-state index in [-0.39, 0.29) is 5.91 Å². The molecule has 1 N–H and O–H groups in total. The van der Waals surface area contributed by atoms with Gasteiger partial charge in [0.05, 0.1) is 0 Å². The quantitative estimate of drug-likeness (QED) is 0.649. The van der Waals surface area contributed by atoms with Gasteiger partial charge in [-0.1, -0.05) is 6.58 Å². The maximum Gasteiger partial charge on any atom is 0.245 e. The Bertz CT molecular complexity index is 185. The van der Waals surface area contributed by atoms with Crippen LogP contribution < -0.4 is 5.32 Å². The zero-order valence-electron chi connectivity index (χ0n) is 8.25. The van der Waals surface area contributed by atoms with Crippen molar-refractivity contribution in [3.63, 3.8) is 0 Å². The second kappa shape index (κ2) is 5.02. The van der Waals surface area contributed by atoms with Crippen LogP contribution in [0, 0.1) is 5.92 Å². The smallest absolute Gasteiger partial charge is 0.245 e. The fourth-order valence-corrected chi connectivity index (χ4v) is 1.71. The Morgan fingerprint density at radius 1 is 1.77 bits per heavy atom. The summed E-state index contributed by atoms with van der Waals surface area (Å²) in [6.45, 7) is 6.47. The highest BCUT2D eigenvalue weighted by Crippen LogP contribution is 2.10. The first-order valence-corrected chi connectivity index (χ1v) is 4.82. The van der Waals surface area contributed by atoms with Crippen molar-refractivity contribution in [2.45, 2.75) is 12.8 Å². The van der Waals surface area contributed by atoms with Crippen molar-refractivity contribution in [2.24, 2.45) is 5.92 Å². The lowest BCUT2D eigenvalue weighted by Gasteiger charge is -2.26. The maximum atomic E-state index is 11.2. The van der Waals surface area contributed by atoms with E-state index in [1.807, 2.05) is 7.05 Å². The van der Waals surface area contributed by atoms with Crippen LogP contribution in [0.15, 0.2) is 12.7 Å². The average molecular weight is 182 g/mol. The molecule has 0 radical (unpaired) electrons. The van der Waals surface area contributed by atoms with Gasteiger partial charge in [-0.3, -0.25) is 4.79 Å². The Kier molecular flexibility index (Phi) is 3.96. The second-order valence-electron chi connectivity index (χ2n) is 3.64. The number of hydrogen-bond acceptors (Lipinski definition) is 2. The van der Waals surface area contributed by atoms with Gasteiger partial charge in [-0.05, 0) is 37.9 Å². The third kappa shape index (κ3) is 3.19. The highest BCUT2D eigenvalue weighted by Gasteiger charge is 2.16. The summed E-state index contributed by atoms with van der Waals surface area (Å²) in [5.74, 6) is 0.633. The van der Waals surface area contributed by atoms with Crippen LogP contribution in [0.5, 0.6) is 0 Å². The molecule has 1 unspecified atom stereocenters. The SMILES string of the molecule is C=CC(=O)N(C)CC1CCCNC1. The molecule has 0 spiro atoms. The molecule has 0 saturated carbocycles. The average Bonchev–Trinajstić information content (AvgIpc) is 2.18. The number of hydrogen-bond donors (Lipinski definition) is 1. The molecule has 0 bridgehead atoms. The van der Waals surface area contributed by atoms with Gasteiger partial charge in [0.15, 0.2) is 0 Å². The lowest BCUT2D eigenvalue weighted by atomic mass is 9.99. The normalized spacial score (nSPS) is 22.4. The molecule has 1 amide bonds. The topological polar surface area (TPSA) is 32.3 Å². The van der Waals surface area contributed by atoms with Crippen molar-refractivity contribution in [3.05, 3.63) is 12.7 Å². The Labute approximate surface area is 79.8 Å². The van der Waals surface area contributed by atoms with Gasteiger partial charge in [0.1, 0.15) is 0 Å². The first-order valence-electron chi connectivity index (χ1n) is 4.82. The zero-order chi connectivity index (χ0) is 9.68. The molecule has 13 heavy (non-hydrogen) atoms. The predicted octanol–water partition coefficient (Wildman–Crippen LogP) is 0.630. The van der Waals surface area contributed by atoms with Gasteiger partial charge < -0.3 is 10.2 Å². The van der Waals surface area contributed by atoms with Gasteiger partial charge in [0.2, 0.25) is 5.91 Å². The van der Waals surface area contributed by atoms with Crippen LogP contribution in [0.3, 0.4) is 0 Å². The standard InChI is InChI=1S/C10H18N2O/c1-3-10(13)12(2)8-9-5-4-6-11-7-9/h3,9,11H,1,4-8H2,2H3. The molecular formula is C10H18N2O. The lowest BCUT2D eigenvalue weighted by molar-refractivity contribution is -0.125. The largest absolute Gasteiger partial charge is 0.342 e. The lowest BCUT2D eigenvalue weighted by Crippen LogP contribution is -2.38.